The summed E-state index contributed by atoms with van der Waals surface area (Å²) in [5.41, 5.74) is 2.35. The van der Waals surface area contributed by atoms with E-state index in [1.165, 1.54) is 23.3 Å². The molecule has 0 aliphatic rings. The quantitative estimate of drug-likeness (QED) is 0.548. The van der Waals surface area contributed by atoms with Crippen molar-refractivity contribution in [1.29, 1.82) is 5.26 Å². The topological polar surface area (TPSA) is 106 Å². The maximum atomic E-state index is 12.8. The van der Waals surface area contributed by atoms with Crippen molar-refractivity contribution in [3.63, 3.8) is 0 Å². The minimum absolute atomic E-state index is 0.0761. The molecule has 0 radical (unpaired) electrons. The maximum Gasteiger partial charge on any atom is 0.263 e. The summed E-state index contributed by atoms with van der Waals surface area (Å²) in [6.45, 7) is -0.0761. The van der Waals surface area contributed by atoms with Crippen LogP contribution in [0.5, 0.6) is 0 Å². The Hall–Kier alpha value is -3.96. The molecule has 1 amide bonds. The molecule has 0 fully saturated rings. The van der Waals surface area contributed by atoms with Crippen molar-refractivity contribution < 1.29 is 4.79 Å². The molecule has 8 nitrogen and oxygen atoms in total. The molecule has 1 aromatic carbocycles. The number of amides is 1. The molecule has 3 heterocycles. The van der Waals surface area contributed by atoms with E-state index in [1.807, 2.05) is 6.07 Å². The van der Waals surface area contributed by atoms with Gasteiger partial charge in [0.1, 0.15) is 12.2 Å². The molecule has 4 rings (SSSR count). The number of hydrogen-bond donors (Lipinski definition) is 1. The van der Waals surface area contributed by atoms with Crippen LogP contribution in [0.15, 0.2) is 60.0 Å². The lowest BCUT2D eigenvalue weighted by Crippen LogP contribution is -2.20. The van der Waals surface area contributed by atoms with E-state index >= 15 is 0 Å². The highest BCUT2D eigenvalue weighted by molar-refractivity contribution is 6.33. The van der Waals surface area contributed by atoms with Crippen LogP contribution in [0, 0.1) is 11.3 Å². The number of nitrogens with one attached hydrogen (secondary N) is 1. The van der Waals surface area contributed by atoms with Gasteiger partial charge in [0.2, 0.25) is 5.91 Å². The Bertz CT molecular complexity index is 1380. The summed E-state index contributed by atoms with van der Waals surface area (Å²) in [5.74, 6) is -0.334. The Balaban J connectivity index is 1.78. The molecule has 0 aliphatic heterocycles. The Morgan fingerprint density at radius 2 is 2.17 bits per heavy atom. The number of halogens is 1. The van der Waals surface area contributed by atoms with E-state index < -0.39 is 0 Å². The summed E-state index contributed by atoms with van der Waals surface area (Å²) in [7, 11) is 1.61. The fourth-order valence-corrected chi connectivity index (χ4v) is 3.35. The zero-order valence-electron chi connectivity index (χ0n) is 15.8. The molecule has 4 aromatic rings. The van der Waals surface area contributed by atoms with E-state index in [2.05, 4.69) is 21.4 Å². The summed E-state index contributed by atoms with van der Waals surface area (Å²) < 4.78 is 2.98. The van der Waals surface area contributed by atoms with Crippen molar-refractivity contribution in [2.24, 2.45) is 7.05 Å². The van der Waals surface area contributed by atoms with Crippen LogP contribution in [-0.4, -0.2) is 25.0 Å². The highest BCUT2D eigenvalue weighted by atomic mass is 35.5. The number of nitrogens with zero attached hydrogens (tertiary/aromatic N) is 5. The van der Waals surface area contributed by atoms with Gasteiger partial charge in [-0.3, -0.25) is 14.6 Å². The lowest BCUT2D eigenvalue weighted by molar-refractivity contribution is -0.116. The standard InChI is InChI=1S/C21H15ClN6O2/c1-27-12-25-20-19(21(27)30)15(14-4-2-3-13(7-14)8-23)10-28(20)11-18(29)26-17-5-6-24-9-16(17)22/h2-7,9-10,12H,11H2,1H3,(H,24,26,29). The van der Waals surface area contributed by atoms with E-state index in [4.69, 9.17) is 11.6 Å². The van der Waals surface area contributed by atoms with Gasteiger partial charge in [-0.2, -0.15) is 5.26 Å². The van der Waals surface area contributed by atoms with Gasteiger partial charge in [0.15, 0.2) is 0 Å². The molecule has 30 heavy (non-hydrogen) atoms. The summed E-state index contributed by atoms with van der Waals surface area (Å²) in [4.78, 5) is 33.7. The molecule has 9 heteroatoms. The molecule has 0 bridgehead atoms. The largest absolute Gasteiger partial charge is 0.323 e. The fraction of sp³-hybridized carbons (Fsp3) is 0.0952. The van der Waals surface area contributed by atoms with Crippen LogP contribution in [0.3, 0.4) is 0 Å². The minimum atomic E-state index is -0.334. The van der Waals surface area contributed by atoms with Gasteiger partial charge in [0, 0.05) is 31.2 Å². The number of anilines is 1. The van der Waals surface area contributed by atoms with Gasteiger partial charge in [0.05, 0.1) is 34.1 Å². The molecular formula is C21H15ClN6O2. The van der Waals surface area contributed by atoms with Crippen LogP contribution >= 0.6 is 11.6 Å². The molecule has 0 unspecified atom stereocenters. The Kier molecular flexibility index (Phi) is 5.04. The zero-order valence-corrected chi connectivity index (χ0v) is 16.6. The van der Waals surface area contributed by atoms with E-state index in [1.54, 1.807) is 42.1 Å². The Morgan fingerprint density at radius 1 is 1.33 bits per heavy atom. The van der Waals surface area contributed by atoms with Crippen LogP contribution in [0.2, 0.25) is 5.02 Å². The second kappa shape index (κ2) is 7.81. The van der Waals surface area contributed by atoms with Gasteiger partial charge in [-0.1, -0.05) is 23.7 Å². The normalized spacial score (nSPS) is 10.7. The first kappa shape index (κ1) is 19.4. The number of aromatic nitrogens is 4. The molecule has 0 saturated heterocycles. The summed E-state index contributed by atoms with van der Waals surface area (Å²) in [6, 6.07) is 10.6. The van der Waals surface area contributed by atoms with Gasteiger partial charge in [-0.25, -0.2) is 4.98 Å². The van der Waals surface area contributed by atoms with E-state index in [0.29, 0.717) is 38.4 Å². The maximum absolute atomic E-state index is 12.8. The van der Waals surface area contributed by atoms with Crippen LogP contribution in [0.4, 0.5) is 5.69 Å². The number of hydrogen-bond acceptors (Lipinski definition) is 5. The number of fused-ring (bicyclic) bond motifs is 1. The predicted octanol–water partition coefficient (Wildman–Crippen LogP) is 2.96. The van der Waals surface area contributed by atoms with Crippen LogP contribution in [-0.2, 0) is 18.4 Å². The lowest BCUT2D eigenvalue weighted by Gasteiger charge is -2.08. The van der Waals surface area contributed by atoms with Gasteiger partial charge in [-0.15, -0.1) is 0 Å². The second-order valence-electron chi connectivity index (χ2n) is 6.63. The average molecular weight is 419 g/mol. The Labute approximate surface area is 176 Å². The molecule has 148 valence electrons. The van der Waals surface area contributed by atoms with Crippen molar-refractivity contribution in [2.45, 2.75) is 6.54 Å². The second-order valence-corrected chi connectivity index (χ2v) is 7.03. The summed E-state index contributed by atoms with van der Waals surface area (Å²) in [6.07, 6.45) is 6.07. The average Bonchev–Trinajstić information content (AvgIpc) is 3.11. The van der Waals surface area contributed by atoms with Gasteiger partial charge < -0.3 is 14.5 Å². The number of carbonyl (C=O) groups is 1. The van der Waals surface area contributed by atoms with E-state index in [0.717, 1.165) is 0 Å². The molecule has 1 N–H and O–H groups in total. The third-order valence-corrected chi connectivity index (χ3v) is 4.90. The van der Waals surface area contributed by atoms with Gasteiger partial charge >= 0.3 is 0 Å². The van der Waals surface area contributed by atoms with Crippen molar-refractivity contribution in [3.8, 4) is 17.2 Å². The van der Waals surface area contributed by atoms with E-state index in [9.17, 15) is 14.9 Å². The molecular weight excluding hydrogens is 404 g/mol. The van der Waals surface area contributed by atoms with Crippen LogP contribution < -0.4 is 10.9 Å². The third kappa shape index (κ3) is 3.54. The lowest BCUT2D eigenvalue weighted by atomic mass is 10.0. The highest BCUT2D eigenvalue weighted by Crippen LogP contribution is 2.28. The first-order valence-electron chi connectivity index (χ1n) is 8.92. The number of nitriles is 1. The number of rotatable bonds is 4. The number of benzene rings is 1. The van der Waals surface area contributed by atoms with Crippen LogP contribution in [0.1, 0.15) is 5.56 Å². The molecule has 0 spiro atoms. The first-order chi connectivity index (χ1) is 14.5. The third-order valence-electron chi connectivity index (χ3n) is 4.60. The molecule has 3 aromatic heterocycles. The molecule has 0 aliphatic carbocycles. The number of carbonyl (C=O) groups excluding carboxylic acids is 1. The van der Waals surface area contributed by atoms with Crippen molar-refractivity contribution in [2.75, 3.05) is 5.32 Å². The molecule has 0 atom stereocenters. The van der Waals surface area contributed by atoms with Crippen molar-refractivity contribution >= 4 is 34.2 Å². The smallest absolute Gasteiger partial charge is 0.263 e. The van der Waals surface area contributed by atoms with Crippen molar-refractivity contribution in [1.82, 2.24) is 19.1 Å². The first-order valence-corrected chi connectivity index (χ1v) is 9.30. The molecule has 0 saturated carbocycles. The highest BCUT2D eigenvalue weighted by Gasteiger charge is 2.18. The van der Waals surface area contributed by atoms with Gasteiger partial charge in [0.25, 0.3) is 5.56 Å². The monoisotopic (exact) mass is 418 g/mol. The fourth-order valence-electron chi connectivity index (χ4n) is 3.18. The number of aryl methyl sites for hydroxylation is 1. The van der Waals surface area contributed by atoms with E-state index in [-0.39, 0.29) is 18.0 Å². The summed E-state index contributed by atoms with van der Waals surface area (Å²) in [5, 5.41) is 12.6. The van der Waals surface area contributed by atoms with Crippen LogP contribution in [0.25, 0.3) is 22.2 Å². The predicted molar refractivity (Wildman–Crippen MR) is 113 cm³/mol. The van der Waals surface area contributed by atoms with Crippen molar-refractivity contribution in [3.05, 3.63) is 76.2 Å². The Morgan fingerprint density at radius 3 is 2.93 bits per heavy atom. The minimum Gasteiger partial charge on any atom is -0.323 e. The summed E-state index contributed by atoms with van der Waals surface area (Å²) >= 11 is 6.05. The SMILES string of the molecule is Cn1cnc2c(c(-c3cccc(C#N)c3)cn2CC(=O)Nc2ccncc2Cl)c1=O. The van der Waals surface area contributed by atoms with Gasteiger partial charge in [-0.05, 0) is 23.8 Å². The zero-order chi connectivity index (χ0) is 21.3. The number of pyridine rings is 1.